The number of aromatic nitrogens is 2. The van der Waals surface area contributed by atoms with Crippen LogP contribution in [0.2, 0.25) is 0 Å². The highest BCUT2D eigenvalue weighted by molar-refractivity contribution is 5.95. The number of benzene rings is 2. The lowest BCUT2D eigenvalue weighted by Gasteiger charge is -2.30. The number of likely N-dealkylation sites (tertiary alicyclic amines) is 1. The molecule has 2 heterocycles. The summed E-state index contributed by atoms with van der Waals surface area (Å²) < 4.78 is 10.2. The first kappa shape index (κ1) is 21.7. The summed E-state index contributed by atoms with van der Waals surface area (Å²) in [6, 6.07) is 14.8. The number of rotatable bonds is 6. The number of esters is 1. The van der Waals surface area contributed by atoms with Crippen molar-refractivity contribution in [2.45, 2.75) is 26.3 Å². The van der Waals surface area contributed by atoms with Gasteiger partial charge < -0.3 is 14.6 Å². The Balaban J connectivity index is 1.28. The quantitative estimate of drug-likeness (QED) is 0.591. The van der Waals surface area contributed by atoms with Crippen molar-refractivity contribution >= 4 is 17.6 Å². The Morgan fingerprint density at radius 2 is 1.91 bits per heavy atom. The Bertz CT molecular complexity index is 1090. The first-order chi connectivity index (χ1) is 15.5. The molecule has 0 atom stereocenters. The zero-order valence-electron chi connectivity index (χ0n) is 18.2. The second-order valence-electron chi connectivity index (χ2n) is 7.99. The number of hydrogen-bond donors (Lipinski definition) is 1. The van der Waals surface area contributed by atoms with Crippen molar-refractivity contribution in [1.29, 1.82) is 0 Å². The second-order valence-corrected chi connectivity index (χ2v) is 7.99. The average molecular weight is 434 g/mol. The van der Waals surface area contributed by atoms with Gasteiger partial charge in [-0.2, -0.15) is 4.98 Å². The third kappa shape index (κ3) is 5.20. The lowest BCUT2D eigenvalue weighted by molar-refractivity contribution is -0.121. The van der Waals surface area contributed by atoms with Gasteiger partial charge in [-0.1, -0.05) is 41.1 Å². The minimum atomic E-state index is -0.430. The van der Waals surface area contributed by atoms with E-state index < -0.39 is 5.97 Å². The number of nitrogens with one attached hydrogen (secondary N) is 1. The lowest BCUT2D eigenvalue weighted by atomic mass is 9.95. The molecule has 0 spiro atoms. The van der Waals surface area contributed by atoms with Crippen LogP contribution in [0.25, 0.3) is 11.4 Å². The van der Waals surface area contributed by atoms with Crippen molar-refractivity contribution in [3.63, 3.8) is 0 Å². The summed E-state index contributed by atoms with van der Waals surface area (Å²) in [6.07, 6.45) is 1.48. The van der Waals surface area contributed by atoms with Crippen molar-refractivity contribution in [2.75, 3.05) is 25.5 Å². The summed E-state index contributed by atoms with van der Waals surface area (Å²) in [5, 5.41) is 7.00. The number of methoxy groups -OCH3 is 1. The topological polar surface area (TPSA) is 97.6 Å². The molecule has 1 aliphatic rings. The number of ether oxygens (including phenoxy) is 1. The SMILES string of the molecule is COC(=O)c1cccc(NC(=O)C2CCN(Cc3nc(-c4ccc(C)cc4)no3)CC2)c1. The number of amides is 1. The number of hydrogen-bond acceptors (Lipinski definition) is 7. The van der Waals surface area contributed by atoms with Crippen LogP contribution in [0.5, 0.6) is 0 Å². The van der Waals surface area contributed by atoms with Crippen LogP contribution in [0.4, 0.5) is 5.69 Å². The molecule has 0 saturated carbocycles. The van der Waals surface area contributed by atoms with Crippen molar-refractivity contribution in [3.05, 3.63) is 65.5 Å². The van der Waals surface area contributed by atoms with Gasteiger partial charge in [0, 0.05) is 17.2 Å². The van der Waals surface area contributed by atoms with Crippen LogP contribution < -0.4 is 5.32 Å². The Kier molecular flexibility index (Phi) is 6.61. The van der Waals surface area contributed by atoms with E-state index in [-0.39, 0.29) is 11.8 Å². The molecule has 4 rings (SSSR count). The predicted octanol–water partition coefficient (Wildman–Crippen LogP) is 3.68. The zero-order chi connectivity index (χ0) is 22.5. The van der Waals surface area contributed by atoms with E-state index in [1.807, 2.05) is 31.2 Å². The maximum atomic E-state index is 12.7. The van der Waals surface area contributed by atoms with Crippen LogP contribution in [0.1, 0.15) is 34.7 Å². The first-order valence-electron chi connectivity index (χ1n) is 10.6. The fourth-order valence-corrected chi connectivity index (χ4v) is 3.77. The van der Waals surface area contributed by atoms with Gasteiger partial charge in [0.15, 0.2) is 0 Å². The zero-order valence-corrected chi connectivity index (χ0v) is 18.2. The van der Waals surface area contributed by atoms with Crippen LogP contribution in [-0.2, 0) is 16.1 Å². The summed E-state index contributed by atoms with van der Waals surface area (Å²) in [7, 11) is 1.33. The highest BCUT2D eigenvalue weighted by Crippen LogP contribution is 2.22. The molecule has 1 N–H and O–H groups in total. The van der Waals surface area contributed by atoms with E-state index in [0.717, 1.165) is 31.5 Å². The summed E-state index contributed by atoms with van der Waals surface area (Å²) >= 11 is 0. The molecule has 1 aliphatic heterocycles. The molecule has 166 valence electrons. The molecular weight excluding hydrogens is 408 g/mol. The van der Waals surface area contributed by atoms with E-state index >= 15 is 0 Å². The standard InChI is InChI=1S/C24H26N4O4/c1-16-6-8-17(9-7-16)22-26-21(32-27-22)15-28-12-10-18(11-13-28)23(29)25-20-5-3-4-19(14-20)24(30)31-2/h3-9,14,18H,10-13,15H2,1-2H3,(H,25,29). The number of anilines is 1. The second kappa shape index (κ2) is 9.74. The third-order valence-electron chi connectivity index (χ3n) is 5.65. The van der Waals surface area contributed by atoms with Crippen molar-refractivity contribution in [1.82, 2.24) is 15.0 Å². The molecule has 8 nitrogen and oxygen atoms in total. The highest BCUT2D eigenvalue weighted by Gasteiger charge is 2.26. The molecule has 0 radical (unpaired) electrons. The fraction of sp³-hybridized carbons (Fsp3) is 0.333. The number of piperidine rings is 1. The van der Waals surface area contributed by atoms with Crippen LogP contribution in [-0.4, -0.2) is 47.1 Å². The minimum Gasteiger partial charge on any atom is -0.465 e. The Morgan fingerprint density at radius 3 is 2.62 bits per heavy atom. The van der Waals surface area contributed by atoms with Crippen molar-refractivity contribution in [3.8, 4) is 11.4 Å². The monoisotopic (exact) mass is 434 g/mol. The van der Waals surface area contributed by atoms with Crippen LogP contribution in [0.3, 0.4) is 0 Å². The van der Waals surface area contributed by atoms with Crippen molar-refractivity contribution < 1.29 is 18.8 Å². The van der Waals surface area contributed by atoms with Gasteiger partial charge in [0.2, 0.25) is 17.6 Å². The average Bonchev–Trinajstić information content (AvgIpc) is 3.28. The van der Waals surface area contributed by atoms with Crippen LogP contribution >= 0.6 is 0 Å². The van der Waals surface area contributed by atoms with E-state index in [9.17, 15) is 9.59 Å². The van der Waals surface area contributed by atoms with Gasteiger partial charge in [0.1, 0.15) is 0 Å². The van der Waals surface area contributed by atoms with Gasteiger partial charge in [-0.25, -0.2) is 4.79 Å². The van der Waals surface area contributed by atoms with E-state index in [4.69, 9.17) is 9.26 Å². The summed E-state index contributed by atoms with van der Waals surface area (Å²) in [5.41, 5.74) is 3.11. The minimum absolute atomic E-state index is 0.0360. The summed E-state index contributed by atoms with van der Waals surface area (Å²) in [5.74, 6) is 0.609. The molecule has 0 unspecified atom stereocenters. The smallest absolute Gasteiger partial charge is 0.337 e. The molecular formula is C24H26N4O4. The maximum Gasteiger partial charge on any atom is 0.337 e. The molecule has 2 aromatic carbocycles. The molecule has 1 saturated heterocycles. The van der Waals surface area contributed by atoms with E-state index in [1.54, 1.807) is 24.3 Å². The molecule has 3 aromatic rings. The van der Waals surface area contributed by atoms with Crippen LogP contribution in [0, 0.1) is 12.8 Å². The Labute approximate surface area is 186 Å². The van der Waals surface area contributed by atoms with Gasteiger partial charge >= 0.3 is 5.97 Å². The van der Waals surface area contributed by atoms with Gasteiger partial charge in [-0.05, 0) is 51.1 Å². The molecule has 0 aliphatic carbocycles. The molecule has 1 aromatic heterocycles. The molecule has 8 heteroatoms. The molecule has 1 amide bonds. The number of nitrogens with zero attached hydrogens (tertiary/aromatic N) is 3. The molecule has 32 heavy (non-hydrogen) atoms. The van der Waals surface area contributed by atoms with E-state index in [1.165, 1.54) is 12.7 Å². The normalized spacial score (nSPS) is 14.8. The van der Waals surface area contributed by atoms with Gasteiger partial charge in [0.25, 0.3) is 0 Å². The highest BCUT2D eigenvalue weighted by atomic mass is 16.5. The number of carbonyl (C=O) groups excluding carboxylic acids is 2. The Hall–Kier alpha value is -3.52. The summed E-state index contributed by atoms with van der Waals surface area (Å²) in [4.78, 5) is 31.1. The predicted molar refractivity (Wildman–Crippen MR) is 119 cm³/mol. The fourth-order valence-electron chi connectivity index (χ4n) is 3.77. The molecule has 0 bridgehead atoms. The van der Waals surface area contributed by atoms with Gasteiger partial charge in [0.05, 0.1) is 19.2 Å². The first-order valence-corrected chi connectivity index (χ1v) is 10.6. The van der Waals surface area contributed by atoms with E-state index in [0.29, 0.717) is 29.5 Å². The van der Waals surface area contributed by atoms with Crippen LogP contribution in [0.15, 0.2) is 53.1 Å². The Morgan fingerprint density at radius 1 is 1.16 bits per heavy atom. The van der Waals surface area contributed by atoms with Gasteiger partial charge in [-0.15, -0.1) is 0 Å². The largest absolute Gasteiger partial charge is 0.465 e. The van der Waals surface area contributed by atoms with E-state index in [2.05, 4.69) is 20.4 Å². The van der Waals surface area contributed by atoms with Gasteiger partial charge in [-0.3, -0.25) is 9.69 Å². The summed E-state index contributed by atoms with van der Waals surface area (Å²) in [6.45, 7) is 4.13. The van der Waals surface area contributed by atoms with Crippen molar-refractivity contribution in [2.24, 2.45) is 5.92 Å². The number of aryl methyl sites for hydroxylation is 1. The lowest BCUT2D eigenvalue weighted by Crippen LogP contribution is -2.37. The third-order valence-corrected chi connectivity index (χ3v) is 5.65. The number of carbonyl (C=O) groups is 2. The molecule has 1 fully saturated rings. The maximum absolute atomic E-state index is 12.7.